The molecule has 0 atom stereocenters. The second-order valence-corrected chi connectivity index (χ2v) is 6.66. The summed E-state index contributed by atoms with van der Waals surface area (Å²) in [5.41, 5.74) is 0.972. The quantitative estimate of drug-likeness (QED) is 0.878. The highest BCUT2D eigenvalue weighted by molar-refractivity contribution is 6.22. The first-order valence-electron chi connectivity index (χ1n) is 7.94. The molecule has 22 heavy (non-hydrogen) atoms. The van der Waals surface area contributed by atoms with Crippen molar-refractivity contribution >= 4 is 17.6 Å². The number of carbonyl (C=O) groups is 2. The summed E-state index contributed by atoms with van der Waals surface area (Å²) in [5, 5.41) is 6.25. The largest absolute Gasteiger partial charge is 0.337 e. The minimum absolute atomic E-state index is 0.156. The molecule has 0 radical (unpaired) electrons. The molecule has 5 nitrogen and oxygen atoms in total. The van der Waals surface area contributed by atoms with Gasteiger partial charge in [-0.3, -0.25) is 4.79 Å². The smallest absolute Gasteiger partial charge is 0.328 e. The van der Waals surface area contributed by atoms with E-state index in [0.717, 1.165) is 31.5 Å². The first-order chi connectivity index (χ1) is 10.5. The highest BCUT2D eigenvalue weighted by Crippen LogP contribution is 2.41. The van der Waals surface area contributed by atoms with Crippen molar-refractivity contribution in [3.8, 4) is 0 Å². The third-order valence-electron chi connectivity index (χ3n) is 4.76. The molecule has 2 heterocycles. The summed E-state index contributed by atoms with van der Waals surface area (Å²) in [6, 6.07) is 7.23. The maximum atomic E-state index is 12.6. The minimum Gasteiger partial charge on any atom is -0.337 e. The van der Waals surface area contributed by atoms with Crippen molar-refractivity contribution in [1.29, 1.82) is 0 Å². The highest BCUT2D eigenvalue weighted by atomic mass is 16.2. The van der Waals surface area contributed by atoms with Crippen LogP contribution in [0.15, 0.2) is 24.3 Å². The van der Waals surface area contributed by atoms with E-state index in [2.05, 4.69) is 10.6 Å². The van der Waals surface area contributed by atoms with Crippen LogP contribution in [-0.4, -0.2) is 31.6 Å². The number of urea groups is 1. The number of carbonyl (C=O) groups excluding carboxylic acids is 2. The molecule has 0 aromatic heterocycles. The van der Waals surface area contributed by atoms with Crippen LogP contribution in [0, 0.1) is 5.92 Å². The molecule has 0 spiro atoms. The van der Waals surface area contributed by atoms with E-state index in [1.807, 2.05) is 38.1 Å². The molecule has 0 aliphatic carbocycles. The minimum atomic E-state index is -0.650. The highest BCUT2D eigenvalue weighted by Gasteiger charge is 2.46. The number of nitrogens with zero attached hydrogens (tertiary/aromatic N) is 1. The van der Waals surface area contributed by atoms with Gasteiger partial charge in [-0.2, -0.15) is 0 Å². The molecule has 3 amide bonds. The van der Waals surface area contributed by atoms with Gasteiger partial charge >= 0.3 is 6.03 Å². The van der Waals surface area contributed by atoms with Gasteiger partial charge < -0.3 is 10.6 Å². The zero-order valence-electron chi connectivity index (χ0n) is 13.2. The number of imide groups is 1. The molecule has 0 saturated carbocycles. The zero-order chi connectivity index (χ0) is 15.7. The van der Waals surface area contributed by atoms with Crippen molar-refractivity contribution in [1.82, 2.24) is 10.6 Å². The summed E-state index contributed by atoms with van der Waals surface area (Å²) in [6.45, 7) is 6.37. The molecule has 1 aromatic carbocycles. The number of rotatable bonds is 2. The maximum Gasteiger partial charge on any atom is 0.328 e. The second kappa shape index (κ2) is 5.72. The van der Waals surface area contributed by atoms with Crippen molar-refractivity contribution in [2.45, 2.75) is 32.1 Å². The Balaban J connectivity index is 1.74. The Morgan fingerprint density at radius 1 is 1.32 bits per heavy atom. The Morgan fingerprint density at radius 2 is 2.00 bits per heavy atom. The lowest BCUT2D eigenvalue weighted by atomic mass is 9.86. The van der Waals surface area contributed by atoms with Gasteiger partial charge in [0.05, 0.1) is 11.1 Å². The van der Waals surface area contributed by atoms with E-state index in [-0.39, 0.29) is 11.9 Å². The van der Waals surface area contributed by atoms with Crippen molar-refractivity contribution in [3.63, 3.8) is 0 Å². The molecule has 1 saturated heterocycles. The van der Waals surface area contributed by atoms with Crippen LogP contribution in [0.4, 0.5) is 10.5 Å². The normalized spacial score (nSPS) is 20.8. The average molecular weight is 301 g/mol. The molecule has 2 aliphatic heterocycles. The molecular weight excluding hydrogens is 278 g/mol. The standard InChI is InChI=1S/C17H23N3O2/c1-17(2)13-5-3-4-6-14(13)20(15(17)21)16(22)19-11-12-7-9-18-10-8-12/h3-6,12,18H,7-11H2,1-2H3,(H,19,22). The lowest BCUT2D eigenvalue weighted by Crippen LogP contribution is -2.47. The topological polar surface area (TPSA) is 61.4 Å². The molecule has 1 aromatic rings. The Morgan fingerprint density at radius 3 is 2.73 bits per heavy atom. The zero-order valence-corrected chi connectivity index (χ0v) is 13.2. The predicted octanol–water partition coefficient (Wildman–Crippen LogP) is 2.02. The van der Waals surface area contributed by atoms with E-state index >= 15 is 0 Å². The third-order valence-corrected chi connectivity index (χ3v) is 4.76. The Kier molecular flexibility index (Phi) is 3.91. The fourth-order valence-corrected chi connectivity index (χ4v) is 3.30. The first-order valence-corrected chi connectivity index (χ1v) is 7.94. The number of hydrogen-bond acceptors (Lipinski definition) is 3. The molecule has 3 rings (SSSR count). The molecule has 118 valence electrons. The third kappa shape index (κ3) is 2.50. The van der Waals surface area contributed by atoms with Gasteiger partial charge in [0.25, 0.3) is 0 Å². The molecule has 0 unspecified atom stereocenters. The molecule has 2 N–H and O–H groups in total. The Bertz CT molecular complexity index is 591. The van der Waals surface area contributed by atoms with Gasteiger partial charge in [-0.05, 0) is 57.3 Å². The van der Waals surface area contributed by atoms with Crippen LogP contribution in [-0.2, 0) is 10.2 Å². The summed E-state index contributed by atoms with van der Waals surface area (Å²) in [7, 11) is 0. The van der Waals surface area contributed by atoms with E-state index in [9.17, 15) is 9.59 Å². The van der Waals surface area contributed by atoms with Crippen LogP contribution in [0.25, 0.3) is 0 Å². The van der Waals surface area contributed by atoms with Crippen LogP contribution >= 0.6 is 0 Å². The first kappa shape index (κ1) is 15.0. The van der Waals surface area contributed by atoms with Crippen molar-refractivity contribution in [2.24, 2.45) is 5.92 Å². The molecule has 1 fully saturated rings. The lowest BCUT2D eigenvalue weighted by Gasteiger charge is -2.24. The van der Waals surface area contributed by atoms with Crippen molar-refractivity contribution in [3.05, 3.63) is 29.8 Å². The van der Waals surface area contributed by atoms with E-state index < -0.39 is 5.41 Å². The van der Waals surface area contributed by atoms with Gasteiger partial charge in [-0.25, -0.2) is 9.69 Å². The van der Waals surface area contributed by atoms with Crippen LogP contribution < -0.4 is 15.5 Å². The predicted molar refractivity (Wildman–Crippen MR) is 85.9 cm³/mol. The average Bonchev–Trinajstić information content (AvgIpc) is 2.74. The summed E-state index contributed by atoms with van der Waals surface area (Å²) in [4.78, 5) is 26.5. The molecule has 5 heteroatoms. The summed E-state index contributed by atoms with van der Waals surface area (Å²) in [6.07, 6.45) is 2.13. The number of para-hydroxylation sites is 1. The lowest BCUT2D eigenvalue weighted by molar-refractivity contribution is -0.121. The Labute approximate surface area is 131 Å². The Hall–Kier alpha value is -1.88. The summed E-state index contributed by atoms with van der Waals surface area (Å²) in [5.74, 6) is 0.336. The number of hydrogen-bond donors (Lipinski definition) is 2. The number of benzene rings is 1. The maximum absolute atomic E-state index is 12.6. The fourth-order valence-electron chi connectivity index (χ4n) is 3.30. The molecule has 0 bridgehead atoms. The van der Waals surface area contributed by atoms with Gasteiger partial charge in [0.1, 0.15) is 0 Å². The molecule has 2 aliphatic rings. The van der Waals surface area contributed by atoms with Crippen LogP contribution in [0.5, 0.6) is 0 Å². The van der Waals surface area contributed by atoms with Crippen LogP contribution in [0.1, 0.15) is 32.3 Å². The monoisotopic (exact) mass is 301 g/mol. The number of piperidine rings is 1. The van der Waals surface area contributed by atoms with E-state index in [4.69, 9.17) is 0 Å². The summed E-state index contributed by atoms with van der Waals surface area (Å²) < 4.78 is 0. The van der Waals surface area contributed by atoms with Crippen LogP contribution in [0.3, 0.4) is 0 Å². The van der Waals surface area contributed by atoms with E-state index in [1.54, 1.807) is 0 Å². The van der Waals surface area contributed by atoms with Crippen molar-refractivity contribution in [2.75, 3.05) is 24.5 Å². The number of amides is 3. The second-order valence-electron chi connectivity index (χ2n) is 6.66. The van der Waals surface area contributed by atoms with Gasteiger partial charge in [-0.15, -0.1) is 0 Å². The number of nitrogens with one attached hydrogen (secondary N) is 2. The number of fused-ring (bicyclic) bond motifs is 1. The van der Waals surface area contributed by atoms with Crippen LogP contribution in [0.2, 0.25) is 0 Å². The van der Waals surface area contributed by atoms with E-state index in [0.29, 0.717) is 18.2 Å². The van der Waals surface area contributed by atoms with Gasteiger partial charge in [0.15, 0.2) is 0 Å². The van der Waals surface area contributed by atoms with Crippen molar-refractivity contribution < 1.29 is 9.59 Å². The molecular formula is C17H23N3O2. The van der Waals surface area contributed by atoms with Gasteiger partial charge in [0, 0.05) is 6.54 Å². The number of anilines is 1. The summed E-state index contributed by atoms with van der Waals surface area (Å²) >= 11 is 0. The van der Waals surface area contributed by atoms with Gasteiger partial charge in [0.2, 0.25) is 5.91 Å². The van der Waals surface area contributed by atoms with E-state index in [1.165, 1.54) is 4.90 Å². The van der Waals surface area contributed by atoms with Gasteiger partial charge in [-0.1, -0.05) is 18.2 Å². The SMILES string of the molecule is CC1(C)C(=O)N(C(=O)NCC2CCNCC2)c2ccccc21. The fraction of sp³-hybridized carbons (Fsp3) is 0.529.